The summed E-state index contributed by atoms with van der Waals surface area (Å²) in [5.74, 6) is 1.43. The van der Waals surface area contributed by atoms with Crippen LogP contribution in [0.25, 0.3) is 10.9 Å². The Kier molecular flexibility index (Phi) is 6.92. The molecule has 7 nitrogen and oxygen atoms in total. The van der Waals surface area contributed by atoms with Crippen molar-refractivity contribution < 1.29 is 14.2 Å². The minimum atomic E-state index is -0.139. The highest BCUT2D eigenvalue weighted by atomic mass is 32.1. The molecule has 1 aliphatic heterocycles. The van der Waals surface area contributed by atoms with Crippen molar-refractivity contribution in [2.45, 2.75) is 25.5 Å². The molecule has 8 heteroatoms. The lowest BCUT2D eigenvalue weighted by Gasteiger charge is -2.28. The minimum Gasteiger partial charge on any atom is -0.497 e. The number of para-hydroxylation sites is 2. The maximum atomic E-state index is 12.8. The van der Waals surface area contributed by atoms with Gasteiger partial charge in [0.1, 0.15) is 11.5 Å². The van der Waals surface area contributed by atoms with Crippen molar-refractivity contribution in [3.05, 3.63) is 64.4 Å². The summed E-state index contributed by atoms with van der Waals surface area (Å²) in [6.07, 6.45) is 2.08. The Labute approximate surface area is 192 Å². The van der Waals surface area contributed by atoms with Crippen molar-refractivity contribution in [3.63, 3.8) is 0 Å². The number of H-pyrrole nitrogens is 1. The third kappa shape index (κ3) is 5.03. The minimum absolute atomic E-state index is 0.0760. The summed E-state index contributed by atoms with van der Waals surface area (Å²) in [7, 11) is 3.25. The van der Waals surface area contributed by atoms with E-state index in [0.717, 1.165) is 41.8 Å². The van der Waals surface area contributed by atoms with Crippen LogP contribution < -0.4 is 20.3 Å². The molecule has 2 heterocycles. The molecule has 0 radical (unpaired) electrons. The van der Waals surface area contributed by atoms with Gasteiger partial charge >= 0.3 is 0 Å². The summed E-state index contributed by atoms with van der Waals surface area (Å²) in [6.45, 7) is 1.70. The number of aromatic nitrogens is 1. The second-order valence-electron chi connectivity index (χ2n) is 7.72. The van der Waals surface area contributed by atoms with Crippen LogP contribution >= 0.6 is 12.2 Å². The summed E-state index contributed by atoms with van der Waals surface area (Å²) < 4.78 is 16.6. The standard InChI is InChI=1S/C24H27N3O4S/c1-29-18-9-10-20-16(13-18)12-17(23(28)25-20)14-27(15-19-6-5-11-31-19)24(32)26-21-7-3-4-8-22(21)30-2/h3-4,7-10,12-13,19H,5-6,11,14-15H2,1-2H3,(H,25,28)(H,26,32). The average Bonchev–Trinajstić information content (AvgIpc) is 3.32. The van der Waals surface area contributed by atoms with Crippen LogP contribution in [0.4, 0.5) is 5.69 Å². The number of ether oxygens (including phenoxy) is 3. The third-order valence-electron chi connectivity index (χ3n) is 5.57. The summed E-state index contributed by atoms with van der Waals surface area (Å²) in [5, 5.41) is 4.69. The number of benzene rings is 2. The first-order chi connectivity index (χ1) is 15.6. The van der Waals surface area contributed by atoms with Crippen molar-refractivity contribution in [3.8, 4) is 11.5 Å². The number of thiocarbonyl (C=S) groups is 1. The highest BCUT2D eigenvalue weighted by molar-refractivity contribution is 7.80. The van der Waals surface area contributed by atoms with Crippen LogP contribution in [-0.4, -0.2) is 48.5 Å². The largest absolute Gasteiger partial charge is 0.497 e. The van der Waals surface area contributed by atoms with Crippen molar-refractivity contribution in [2.24, 2.45) is 0 Å². The molecule has 1 atom stereocenters. The Bertz CT molecular complexity index is 1160. The molecule has 0 saturated carbocycles. The van der Waals surface area contributed by atoms with E-state index in [1.54, 1.807) is 14.2 Å². The molecular weight excluding hydrogens is 426 g/mol. The molecule has 1 saturated heterocycles. The number of hydrogen-bond acceptors (Lipinski definition) is 5. The predicted octanol–water partition coefficient (Wildman–Crippen LogP) is 3.92. The molecule has 3 aromatic rings. The van der Waals surface area contributed by atoms with Crippen LogP contribution in [0.15, 0.2) is 53.3 Å². The average molecular weight is 454 g/mol. The molecular formula is C24H27N3O4S. The lowest BCUT2D eigenvalue weighted by molar-refractivity contribution is 0.0904. The number of methoxy groups -OCH3 is 2. The molecule has 0 bridgehead atoms. The van der Waals surface area contributed by atoms with Crippen LogP contribution in [0.2, 0.25) is 0 Å². The topological polar surface area (TPSA) is 75.8 Å². The number of nitrogens with one attached hydrogen (secondary N) is 2. The van der Waals surface area contributed by atoms with Gasteiger partial charge in [0.25, 0.3) is 5.56 Å². The summed E-state index contributed by atoms with van der Waals surface area (Å²) in [5.41, 5.74) is 2.02. The second-order valence-corrected chi connectivity index (χ2v) is 8.11. The normalized spacial score (nSPS) is 15.5. The Morgan fingerprint density at radius 3 is 2.81 bits per heavy atom. The quantitative estimate of drug-likeness (QED) is 0.525. The van der Waals surface area contributed by atoms with E-state index in [1.165, 1.54) is 0 Å². The van der Waals surface area contributed by atoms with E-state index in [9.17, 15) is 4.79 Å². The molecule has 2 aromatic carbocycles. The first-order valence-corrected chi connectivity index (χ1v) is 11.0. The first kappa shape index (κ1) is 22.1. The summed E-state index contributed by atoms with van der Waals surface area (Å²) in [4.78, 5) is 17.8. The smallest absolute Gasteiger partial charge is 0.253 e. The van der Waals surface area contributed by atoms with Crippen LogP contribution in [0.1, 0.15) is 18.4 Å². The highest BCUT2D eigenvalue weighted by Gasteiger charge is 2.22. The number of pyridine rings is 1. The van der Waals surface area contributed by atoms with E-state index in [-0.39, 0.29) is 11.7 Å². The fourth-order valence-corrected chi connectivity index (χ4v) is 4.12. The zero-order valence-corrected chi connectivity index (χ0v) is 19.0. The Balaban J connectivity index is 1.62. The van der Waals surface area contributed by atoms with Gasteiger partial charge < -0.3 is 29.4 Å². The fourth-order valence-electron chi connectivity index (χ4n) is 3.88. The molecule has 32 heavy (non-hydrogen) atoms. The number of hydrogen-bond donors (Lipinski definition) is 2. The molecule has 4 rings (SSSR count). The van der Waals surface area contributed by atoms with E-state index in [2.05, 4.69) is 10.3 Å². The van der Waals surface area contributed by atoms with Gasteiger partial charge in [-0.2, -0.15) is 0 Å². The van der Waals surface area contributed by atoms with Gasteiger partial charge in [0.15, 0.2) is 5.11 Å². The molecule has 1 unspecified atom stereocenters. The number of anilines is 1. The number of aromatic amines is 1. The van der Waals surface area contributed by atoms with E-state index >= 15 is 0 Å². The third-order valence-corrected chi connectivity index (χ3v) is 5.93. The number of rotatable bonds is 7. The van der Waals surface area contributed by atoms with Crippen LogP contribution in [-0.2, 0) is 11.3 Å². The van der Waals surface area contributed by atoms with Gasteiger partial charge in [-0.3, -0.25) is 4.79 Å². The fraction of sp³-hybridized carbons (Fsp3) is 0.333. The van der Waals surface area contributed by atoms with Gasteiger partial charge in [-0.1, -0.05) is 12.1 Å². The first-order valence-electron chi connectivity index (χ1n) is 10.6. The molecule has 1 aliphatic rings. The van der Waals surface area contributed by atoms with Crippen molar-refractivity contribution >= 4 is 33.9 Å². The molecule has 1 aromatic heterocycles. The molecule has 0 amide bonds. The molecule has 1 fully saturated rings. The highest BCUT2D eigenvalue weighted by Crippen LogP contribution is 2.25. The molecule has 2 N–H and O–H groups in total. The van der Waals surface area contributed by atoms with E-state index < -0.39 is 0 Å². The molecule has 168 valence electrons. The monoisotopic (exact) mass is 453 g/mol. The number of fused-ring (bicyclic) bond motifs is 1. The van der Waals surface area contributed by atoms with Gasteiger partial charge in [-0.25, -0.2) is 0 Å². The summed E-state index contributed by atoms with van der Waals surface area (Å²) in [6, 6.07) is 15.1. The van der Waals surface area contributed by atoms with Crippen molar-refractivity contribution in [2.75, 3.05) is 32.7 Å². The Morgan fingerprint density at radius 2 is 2.06 bits per heavy atom. The maximum absolute atomic E-state index is 12.8. The molecule has 0 aliphatic carbocycles. The second kappa shape index (κ2) is 10.0. The van der Waals surface area contributed by atoms with E-state index in [0.29, 0.717) is 29.5 Å². The van der Waals surface area contributed by atoms with Gasteiger partial charge in [-0.15, -0.1) is 0 Å². The zero-order chi connectivity index (χ0) is 22.5. The SMILES string of the molecule is COc1ccc2[nH]c(=O)c(CN(CC3CCCO3)C(=S)Nc3ccccc3OC)cc2c1. The van der Waals surface area contributed by atoms with Crippen LogP contribution in [0, 0.1) is 0 Å². The summed E-state index contributed by atoms with van der Waals surface area (Å²) >= 11 is 5.75. The van der Waals surface area contributed by atoms with Gasteiger partial charge in [0.05, 0.1) is 32.6 Å². The van der Waals surface area contributed by atoms with Gasteiger partial charge in [0, 0.05) is 29.6 Å². The van der Waals surface area contributed by atoms with Crippen molar-refractivity contribution in [1.29, 1.82) is 0 Å². The zero-order valence-electron chi connectivity index (χ0n) is 18.2. The Morgan fingerprint density at radius 1 is 1.22 bits per heavy atom. The van der Waals surface area contributed by atoms with Crippen LogP contribution in [0.5, 0.6) is 11.5 Å². The van der Waals surface area contributed by atoms with Crippen LogP contribution in [0.3, 0.4) is 0 Å². The van der Waals surface area contributed by atoms with Crippen molar-refractivity contribution in [1.82, 2.24) is 9.88 Å². The van der Waals surface area contributed by atoms with E-state index in [4.69, 9.17) is 26.4 Å². The Hall–Kier alpha value is -3.10. The molecule has 0 spiro atoms. The predicted molar refractivity (Wildman–Crippen MR) is 130 cm³/mol. The maximum Gasteiger partial charge on any atom is 0.253 e. The lowest BCUT2D eigenvalue weighted by Crippen LogP contribution is -2.40. The van der Waals surface area contributed by atoms with E-state index in [1.807, 2.05) is 53.4 Å². The lowest BCUT2D eigenvalue weighted by atomic mass is 10.1. The van der Waals surface area contributed by atoms with Gasteiger partial charge in [-0.05, 0) is 61.5 Å². The van der Waals surface area contributed by atoms with Gasteiger partial charge in [0.2, 0.25) is 0 Å². The number of nitrogens with zero attached hydrogens (tertiary/aromatic N) is 1.